The molecule has 0 saturated carbocycles. The predicted octanol–water partition coefficient (Wildman–Crippen LogP) is 3.50. The van der Waals surface area contributed by atoms with Gasteiger partial charge >= 0.3 is 0 Å². The third kappa shape index (κ3) is 3.06. The Morgan fingerprint density at radius 2 is 2.00 bits per heavy atom. The van der Waals surface area contributed by atoms with E-state index in [0.717, 1.165) is 5.56 Å². The Bertz CT molecular complexity index is 773. The van der Waals surface area contributed by atoms with E-state index >= 15 is 0 Å². The van der Waals surface area contributed by atoms with E-state index in [0.29, 0.717) is 23.2 Å². The van der Waals surface area contributed by atoms with Crippen LogP contribution < -0.4 is 10.1 Å². The number of nitrogens with one attached hydrogen (secondary N) is 1. The van der Waals surface area contributed by atoms with Crippen LogP contribution in [0.15, 0.2) is 52.9 Å². The van der Waals surface area contributed by atoms with Gasteiger partial charge in [-0.3, -0.25) is 0 Å². The average molecular weight is 299 g/mol. The van der Waals surface area contributed by atoms with Crippen LogP contribution in [-0.4, -0.2) is 17.3 Å². The topological polar surface area (TPSA) is 60.2 Å². The van der Waals surface area contributed by atoms with E-state index in [1.165, 1.54) is 6.07 Å². The van der Waals surface area contributed by atoms with Crippen molar-refractivity contribution >= 4 is 5.69 Å². The molecule has 0 aliphatic rings. The van der Waals surface area contributed by atoms with E-state index in [2.05, 4.69) is 15.5 Å². The Morgan fingerprint density at radius 3 is 2.82 bits per heavy atom. The van der Waals surface area contributed by atoms with Crippen LogP contribution in [0.3, 0.4) is 0 Å². The molecular weight excluding hydrogens is 285 g/mol. The molecule has 6 heteroatoms. The van der Waals surface area contributed by atoms with Crippen LogP contribution in [0.4, 0.5) is 10.1 Å². The molecule has 0 spiro atoms. The number of para-hydroxylation sites is 1. The number of benzene rings is 2. The average Bonchev–Trinajstić information content (AvgIpc) is 3.03. The Kier molecular flexibility index (Phi) is 4.00. The molecule has 0 bridgehead atoms. The smallest absolute Gasteiger partial charge is 0.247 e. The highest BCUT2D eigenvalue weighted by molar-refractivity contribution is 5.55. The molecule has 3 aromatic rings. The number of halogens is 1. The van der Waals surface area contributed by atoms with Crippen molar-refractivity contribution in [3.63, 3.8) is 0 Å². The first kappa shape index (κ1) is 14.1. The van der Waals surface area contributed by atoms with E-state index < -0.39 is 0 Å². The number of hydrogen-bond acceptors (Lipinski definition) is 5. The number of hydrogen-bond donors (Lipinski definition) is 1. The van der Waals surface area contributed by atoms with Gasteiger partial charge in [0, 0.05) is 5.56 Å². The summed E-state index contributed by atoms with van der Waals surface area (Å²) in [5.74, 6) is 1.15. The summed E-state index contributed by atoms with van der Waals surface area (Å²) in [6.07, 6.45) is 0. The molecule has 112 valence electrons. The minimum atomic E-state index is -0.324. The number of rotatable bonds is 5. The highest BCUT2D eigenvalue weighted by atomic mass is 19.1. The molecule has 0 amide bonds. The molecule has 1 heterocycles. The Morgan fingerprint density at radius 1 is 1.14 bits per heavy atom. The summed E-state index contributed by atoms with van der Waals surface area (Å²) in [6, 6.07) is 13.8. The van der Waals surface area contributed by atoms with Gasteiger partial charge in [0.05, 0.1) is 19.3 Å². The first-order valence-corrected chi connectivity index (χ1v) is 6.71. The van der Waals surface area contributed by atoms with E-state index in [4.69, 9.17) is 9.15 Å². The molecule has 2 aromatic carbocycles. The number of methoxy groups -OCH3 is 1. The molecule has 22 heavy (non-hydrogen) atoms. The summed E-state index contributed by atoms with van der Waals surface area (Å²) in [5.41, 5.74) is 1.16. The molecule has 0 aliphatic carbocycles. The quantitative estimate of drug-likeness (QED) is 0.781. The van der Waals surface area contributed by atoms with Crippen molar-refractivity contribution < 1.29 is 13.5 Å². The first-order valence-electron chi connectivity index (χ1n) is 6.71. The molecular formula is C16H14FN3O2. The van der Waals surface area contributed by atoms with Gasteiger partial charge < -0.3 is 14.5 Å². The van der Waals surface area contributed by atoms with Crippen LogP contribution in [0.25, 0.3) is 11.5 Å². The number of anilines is 1. The van der Waals surface area contributed by atoms with Gasteiger partial charge in [0.2, 0.25) is 11.8 Å². The highest BCUT2D eigenvalue weighted by Gasteiger charge is 2.10. The lowest BCUT2D eigenvalue weighted by Crippen LogP contribution is -2.01. The van der Waals surface area contributed by atoms with Gasteiger partial charge in [-0.1, -0.05) is 18.2 Å². The molecule has 0 aliphatic heterocycles. The molecule has 1 aromatic heterocycles. The van der Waals surface area contributed by atoms with Crippen molar-refractivity contribution in [1.29, 1.82) is 0 Å². The molecule has 1 N–H and O–H groups in total. The third-order valence-electron chi connectivity index (χ3n) is 3.09. The zero-order valence-electron chi connectivity index (χ0n) is 11.9. The van der Waals surface area contributed by atoms with Crippen LogP contribution in [0.5, 0.6) is 5.75 Å². The molecule has 0 radical (unpaired) electrons. The summed E-state index contributed by atoms with van der Waals surface area (Å²) in [7, 11) is 1.59. The van der Waals surface area contributed by atoms with E-state index in [1.54, 1.807) is 25.3 Å². The lowest BCUT2D eigenvalue weighted by molar-refractivity contribution is 0.414. The summed E-state index contributed by atoms with van der Waals surface area (Å²) in [6.45, 7) is 0.248. The SMILES string of the molecule is COc1cccc(-c2nnc(CNc3ccccc3F)o2)c1. The number of aromatic nitrogens is 2. The normalized spacial score (nSPS) is 10.5. The standard InChI is InChI=1S/C16H14FN3O2/c1-21-12-6-4-5-11(9-12)16-20-19-15(22-16)10-18-14-8-3-2-7-13(14)17/h2-9,18H,10H2,1H3. The predicted molar refractivity (Wildman–Crippen MR) is 80.0 cm³/mol. The largest absolute Gasteiger partial charge is 0.497 e. The van der Waals surface area contributed by atoms with Crippen LogP contribution >= 0.6 is 0 Å². The summed E-state index contributed by atoms with van der Waals surface area (Å²) in [4.78, 5) is 0. The molecule has 0 atom stereocenters. The molecule has 0 unspecified atom stereocenters. The fourth-order valence-electron chi connectivity index (χ4n) is 1.97. The monoisotopic (exact) mass is 299 g/mol. The zero-order chi connectivity index (χ0) is 15.4. The molecule has 0 saturated heterocycles. The summed E-state index contributed by atoms with van der Waals surface area (Å²) in [5, 5.41) is 10.9. The van der Waals surface area contributed by atoms with Crippen LogP contribution in [-0.2, 0) is 6.54 Å². The lowest BCUT2D eigenvalue weighted by atomic mass is 10.2. The van der Waals surface area contributed by atoms with Crippen LogP contribution in [0.2, 0.25) is 0 Å². The Labute approximate surface area is 126 Å². The van der Waals surface area contributed by atoms with Crippen molar-refractivity contribution in [2.24, 2.45) is 0 Å². The molecule has 0 fully saturated rings. The van der Waals surface area contributed by atoms with Crippen molar-refractivity contribution in [2.45, 2.75) is 6.54 Å². The Hall–Kier alpha value is -2.89. The van der Waals surface area contributed by atoms with Crippen LogP contribution in [0, 0.1) is 5.82 Å². The van der Waals surface area contributed by atoms with E-state index in [9.17, 15) is 4.39 Å². The summed E-state index contributed by atoms with van der Waals surface area (Å²) < 4.78 is 24.2. The Balaban J connectivity index is 1.72. The van der Waals surface area contributed by atoms with Crippen molar-refractivity contribution in [3.05, 3.63) is 60.2 Å². The third-order valence-corrected chi connectivity index (χ3v) is 3.09. The van der Waals surface area contributed by atoms with Gasteiger partial charge in [0.1, 0.15) is 11.6 Å². The lowest BCUT2D eigenvalue weighted by Gasteiger charge is -2.04. The fourth-order valence-corrected chi connectivity index (χ4v) is 1.97. The number of ether oxygens (including phenoxy) is 1. The van der Waals surface area contributed by atoms with Gasteiger partial charge in [0.15, 0.2) is 0 Å². The second-order valence-corrected chi connectivity index (χ2v) is 4.57. The second kappa shape index (κ2) is 6.26. The fraction of sp³-hybridized carbons (Fsp3) is 0.125. The van der Waals surface area contributed by atoms with E-state index in [-0.39, 0.29) is 12.4 Å². The van der Waals surface area contributed by atoms with Gasteiger partial charge in [-0.15, -0.1) is 10.2 Å². The van der Waals surface area contributed by atoms with Gasteiger partial charge in [-0.2, -0.15) is 0 Å². The van der Waals surface area contributed by atoms with Crippen molar-refractivity contribution in [1.82, 2.24) is 10.2 Å². The zero-order valence-corrected chi connectivity index (χ0v) is 11.9. The second-order valence-electron chi connectivity index (χ2n) is 4.57. The minimum Gasteiger partial charge on any atom is -0.497 e. The van der Waals surface area contributed by atoms with Gasteiger partial charge in [0.25, 0.3) is 0 Å². The maximum Gasteiger partial charge on any atom is 0.247 e. The molecule has 5 nitrogen and oxygen atoms in total. The van der Waals surface area contributed by atoms with Crippen LogP contribution in [0.1, 0.15) is 5.89 Å². The minimum absolute atomic E-state index is 0.248. The van der Waals surface area contributed by atoms with Crippen molar-refractivity contribution in [3.8, 4) is 17.2 Å². The van der Waals surface area contributed by atoms with Gasteiger partial charge in [-0.25, -0.2) is 4.39 Å². The highest BCUT2D eigenvalue weighted by Crippen LogP contribution is 2.23. The maximum atomic E-state index is 13.5. The van der Waals surface area contributed by atoms with Crippen molar-refractivity contribution in [2.75, 3.05) is 12.4 Å². The maximum absolute atomic E-state index is 13.5. The molecule has 3 rings (SSSR count). The summed E-state index contributed by atoms with van der Waals surface area (Å²) >= 11 is 0. The first-order chi connectivity index (χ1) is 10.8. The van der Waals surface area contributed by atoms with Gasteiger partial charge in [-0.05, 0) is 30.3 Å². The number of nitrogens with zero attached hydrogens (tertiary/aromatic N) is 2. The van der Waals surface area contributed by atoms with E-state index in [1.807, 2.05) is 24.3 Å².